The van der Waals surface area contributed by atoms with Gasteiger partial charge in [0, 0.05) is 24.7 Å². The van der Waals surface area contributed by atoms with Gasteiger partial charge in [-0.25, -0.2) is 4.79 Å². The average Bonchev–Trinajstić information content (AvgIpc) is 2.88. The molecule has 0 radical (unpaired) electrons. The molecule has 1 aromatic heterocycles. The highest BCUT2D eigenvalue weighted by Gasteiger charge is 2.43. The van der Waals surface area contributed by atoms with Crippen LogP contribution in [-0.4, -0.2) is 51.4 Å². The molecule has 8 heteroatoms. The number of aliphatic hydroxyl groups excluding tert-OH is 1. The second-order valence-electron chi connectivity index (χ2n) is 11.8. The highest BCUT2D eigenvalue weighted by molar-refractivity contribution is 5.86. The van der Waals surface area contributed by atoms with E-state index in [1.54, 1.807) is 6.07 Å². The van der Waals surface area contributed by atoms with Crippen molar-refractivity contribution in [3.63, 3.8) is 0 Å². The molecule has 1 aromatic rings. The zero-order chi connectivity index (χ0) is 28.7. The Morgan fingerprint density at radius 3 is 2.54 bits per heavy atom. The molecule has 1 aliphatic heterocycles. The van der Waals surface area contributed by atoms with Crippen molar-refractivity contribution in [2.45, 2.75) is 91.5 Å². The fourth-order valence-corrected chi connectivity index (χ4v) is 5.57. The molecule has 4 rings (SSSR count). The number of aromatic nitrogens is 1. The van der Waals surface area contributed by atoms with Crippen molar-refractivity contribution in [2.75, 3.05) is 0 Å². The third-order valence-corrected chi connectivity index (χ3v) is 8.26. The van der Waals surface area contributed by atoms with Gasteiger partial charge in [-0.2, -0.15) is 0 Å². The van der Waals surface area contributed by atoms with Crippen molar-refractivity contribution in [1.82, 2.24) is 4.98 Å². The van der Waals surface area contributed by atoms with E-state index in [9.17, 15) is 19.5 Å². The number of carbonyl (C=O) groups is 3. The largest absolute Gasteiger partial charge is 0.478 e. The van der Waals surface area contributed by atoms with Crippen LogP contribution in [0.25, 0.3) is 0 Å². The van der Waals surface area contributed by atoms with Crippen LogP contribution in [0.5, 0.6) is 0 Å². The number of aliphatic hydroxyl groups is 1. The Hall–Kier alpha value is -3.00. The molecule has 0 aromatic carbocycles. The van der Waals surface area contributed by atoms with Gasteiger partial charge in [0.2, 0.25) is 0 Å². The highest BCUT2D eigenvalue weighted by atomic mass is 16.6. The van der Waals surface area contributed by atoms with Gasteiger partial charge >= 0.3 is 17.9 Å². The van der Waals surface area contributed by atoms with E-state index in [-0.39, 0.29) is 42.0 Å². The fourth-order valence-electron chi connectivity index (χ4n) is 5.57. The lowest BCUT2D eigenvalue weighted by atomic mass is 9.65. The van der Waals surface area contributed by atoms with Crippen molar-refractivity contribution in [3.05, 3.63) is 53.9 Å². The van der Waals surface area contributed by atoms with Gasteiger partial charge in [-0.3, -0.25) is 14.6 Å². The van der Waals surface area contributed by atoms with Gasteiger partial charge in [0.05, 0.1) is 23.5 Å². The SMILES string of the molecule is CCC(C)(C)C(=O)O[C@H]1C[C@@H](C)C=C2C=C[C@H](C)[C@H](CC[C@@H]3C[C@@H](O)CC(=O)O3)[C@H]21.O=C(O)c1cccnc1. The Labute approximate surface area is 231 Å². The molecule has 214 valence electrons. The van der Waals surface area contributed by atoms with Crippen LogP contribution < -0.4 is 0 Å². The minimum Gasteiger partial charge on any atom is -0.478 e. The zero-order valence-electron chi connectivity index (χ0n) is 23.7. The topological polar surface area (TPSA) is 123 Å². The van der Waals surface area contributed by atoms with E-state index in [0.29, 0.717) is 24.2 Å². The quantitative estimate of drug-likeness (QED) is 0.442. The summed E-state index contributed by atoms with van der Waals surface area (Å²) in [5.74, 6) is -0.166. The second-order valence-corrected chi connectivity index (χ2v) is 11.8. The lowest BCUT2D eigenvalue weighted by molar-refractivity contribution is -0.166. The number of hydrogen-bond donors (Lipinski definition) is 2. The molecule has 2 heterocycles. The molecule has 39 heavy (non-hydrogen) atoms. The van der Waals surface area contributed by atoms with Gasteiger partial charge in [-0.1, -0.05) is 39.0 Å². The summed E-state index contributed by atoms with van der Waals surface area (Å²) < 4.78 is 11.6. The molecular weight excluding hydrogens is 498 g/mol. The smallest absolute Gasteiger partial charge is 0.337 e. The molecule has 7 atom stereocenters. The number of carbonyl (C=O) groups excluding carboxylic acids is 2. The maximum absolute atomic E-state index is 12.9. The number of aromatic carboxylic acids is 1. The zero-order valence-corrected chi connectivity index (χ0v) is 23.7. The van der Waals surface area contributed by atoms with E-state index in [0.717, 1.165) is 25.7 Å². The van der Waals surface area contributed by atoms with Crippen molar-refractivity contribution in [2.24, 2.45) is 29.1 Å². The second kappa shape index (κ2) is 13.4. The van der Waals surface area contributed by atoms with Gasteiger partial charge in [0.25, 0.3) is 0 Å². The molecular formula is C31H43NO7. The van der Waals surface area contributed by atoms with Crippen LogP contribution in [0, 0.1) is 29.1 Å². The Balaban J connectivity index is 0.000000395. The number of fused-ring (bicyclic) bond motifs is 1. The Bertz CT molecular complexity index is 1060. The third-order valence-electron chi connectivity index (χ3n) is 8.26. The van der Waals surface area contributed by atoms with Crippen molar-refractivity contribution in [1.29, 1.82) is 0 Å². The molecule has 0 bridgehead atoms. The lowest BCUT2D eigenvalue weighted by Crippen LogP contribution is -2.43. The minimum atomic E-state index is -0.942. The third kappa shape index (κ3) is 8.24. The molecule has 1 saturated heterocycles. The van der Waals surface area contributed by atoms with Gasteiger partial charge in [0.15, 0.2) is 0 Å². The molecule has 2 N–H and O–H groups in total. The predicted octanol–water partition coefficient (Wildman–Crippen LogP) is 5.37. The van der Waals surface area contributed by atoms with Gasteiger partial charge in [-0.15, -0.1) is 0 Å². The van der Waals surface area contributed by atoms with Crippen molar-refractivity contribution >= 4 is 17.9 Å². The van der Waals surface area contributed by atoms with E-state index >= 15 is 0 Å². The summed E-state index contributed by atoms with van der Waals surface area (Å²) >= 11 is 0. The van der Waals surface area contributed by atoms with Crippen LogP contribution in [0.4, 0.5) is 0 Å². The van der Waals surface area contributed by atoms with Gasteiger partial charge in [0.1, 0.15) is 12.2 Å². The number of carboxylic acid groups (broad SMARTS) is 1. The molecule has 2 aliphatic carbocycles. The van der Waals surface area contributed by atoms with E-state index in [1.165, 1.54) is 24.0 Å². The maximum Gasteiger partial charge on any atom is 0.337 e. The van der Waals surface area contributed by atoms with E-state index in [4.69, 9.17) is 14.6 Å². The number of esters is 2. The number of nitrogens with zero attached hydrogens (tertiary/aromatic N) is 1. The summed E-state index contributed by atoms with van der Waals surface area (Å²) in [6.07, 6.45) is 12.5. The minimum absolute atomic E-state index is 0.0949. The molecule has 3 aliphatic rings. The fraction of sp³-hybridized carbons (Fsp3) is 0.613. The summed E-state index contributed by atoms with van der Waals surface area (Å²) in [4.78, 5) is 38.4. The molecule has 0 amide bonds. The van der Waals surface area contributed by atoms with Crippen LogP contribution in [0.3, 0.4) is 0 Å². The number of rotatable bonds is 7. The van der Waals surface area contributed by atoms with Crippen LogP contribution >= 0.6 is 0 Å². The first-order valence-electron chi connectivity index (χ1n) is 14.0. The highest BCUT2D eigenvalue weighted by Crippen LogP contribution is 2.45. The number of cyclic esters (lactones) is 1. The van der Waals surface area contributed by atoms with E-state index < -0.39 is 17.5 Å². The number of allylic oxidation sites excluding steroid dienone is 3. The van der Waals surface area contributed by atoms with E-state index in [1.807, 2.05) is 20.8 Å². The average molecular weight is 542 g/mol. The van der Waals surface area contributed by atoms with E-state index in [2.05, 4.69) is 37.1 Å². The first-order chi connectivity index (χ1) is 18.4. The Morgan fingerprint density at radius 2 is 1.95 bits per heavy atom. The summed E-state index contributed by atoms with van der Waals surface area (Å²) in [5, 5.41) is 18.3. The number of carboxylic acids is 1. The number of ether oxygens (including phenoxy) is 2. The molecule has 0 spiro atoms. The molecule has 1 fully saturated rings. The standard InChI is InChI=1S/C25H38O5.C6H5NO2/c1-6-25(4,5)24(28)30-21-12-15(2)11-17-8-7-16(3)20(23(17)21)10-9-19-13-18(26)14-22(27)29-19;8-6(9)5-2-1-3-7-4-5/h7-8,11,15-16,18-21,23,26H,6,9-10,12-14H2,1-5H3;1-4H,(H,8,9)/t15-,16-,18+,19+,20-,21-,23-;/m0./s1. The van der Waals surface area contributed by atoms with Crippen molar-refractivity contribution in [3.8, 4) is 0 Å². The lowest BCUT2D eigenvalue weighted by Gasteiger charge is -2.44. The Morgan fingerprint density at radius 1 is 1.21 bits per heavy atom. The monoisotopic (exact) mass is 541 g/mol. The van der Waals surface area contributed by atoms with Crippen LogP contribution in [0.2, 0.25) is 0 Å². The molecule has 0 saturated carbocycles. The maximum atomic E-state index is 12.9. The summed E-state index contributed by atoms with van der Waals surface area (Å²) in [6, 6.07) is 3.08. The van der Waals surface area contributed by atoms with Crippen LogP contribution in [-0.2, 0) is 19.1 Å². The molecule has 0 unspecified atom stereocenters. The Kier molecular flexibility index (Phi) is 10.5. The van der Waals surface area contributed by atoms with Crippen LogP contribution in [0.1, 0.15) is 83.5 Å². The predicted molar refractivity (Wildman–Crippen MR) is 147 cm³/mol. The number of hydrogen-bond acceptors (Lipinski definition) is 7. The normalized spacial score (nSPS) is 30.2. The first-order valence-corrected chi connectivity index (χ1v) is 14.0. The first kappa shape index (κ1) is 30.5. The molecule has 8 nitrogen and oxygen atoms in total. The summed E-state index contributed by atoms with van der Waals surface area (Å²) in [6.45, 7) is 10.3. The number of pyridine rings is 1. The summed E-state index contributed by atoms with van der Waals surface area (Å²) in [5.41, 5.74) is 1.00. The van der Waals surface area contributed by atoms with Gasteiger partial charge < -0.3 is 19.7 Å². The van der Waals surface area contributed by atoms with Gasteiger partial charge in [-0.05, 0) is 75.0 Å². The van der Waals surface area contributed by atoms with Crippen molar-refractivity contribution < 1.29 is 34.1 Å². The van der Waals surface area contributed by atoms with Crippen LogP contribution in [0.15, 0.2) is 48.3 Å². The summed E-state index contributed by atoms with van der Waals surface area (Å²) in [7, 11) is 0.